The van der Waals surface area contributed by atoms with Crippen LogP contribution in [0, 0.1) is 5.92 Å². The molecule has 1 atom stereocenters. The lowest BCUT2D eigenvalue weighted by atomic mass is 9.90. The Bertz CT molecular complexity index is 486. The number of hydrogen-bond acceptors (Lipinski definition) is 4. The zero-order valence-electron chi connectivity index (χ0n) is 11.7. The molecular formula is C15H20N2O3. The number of rotatable bonds is 3. The van der Waals surface area contributed by atoms with E-state index in [0.717, 1.165) is 31.6 Å². The number of piperidine rings is 1. The van der Waals surface area contributed by atoms with E-state index in [4.69, 9.17) is 9.47 Å². The molecule has 5 heteroatoms. The van der Waals surface area contributed by atoms with Crippen LogP contribution in [0.4, 0.5) is 10.5 Å². The average Bonchev–Trinajstić information content (AvgIpc) is 2.89. The van der Waals surface area contributed by atoms with Gasteiger partial charge in [-0.25, -0.2) is 4.79 Å². The first-order valence-electron chi connectivity index (χ1n) is 7.11. The number of nitrogens with zero attached hydrogens (tertiary/aromatic N) is 1. The summed E-state index contributed by atoms with van der Waals surface area (Å²) < 4.78 is 10.7. The van der Waals surface area contributed by atoms with E-state index < -0.39 is 0 Å². The summed E-state index contributed by atoms with van der Waals surface area (Å²) in [5, 5.41) is 3.36. The Hall–Kier alpha value is -1.75. The molecule has 5 nitrogen and oxygen atoms in total. The van der Waals surface area contributed by atoms with Gasteiger partial charge in [0.25, 0.3) is 0 Å². The van der Waals surface area contributed by atoms with E-state index in [1.807, 2.05) is 24.3 Å². The van der Waals surface area contributed by atoms with Crippen molar-refractivity contribution in [2.24, 2.45) is 5.92 Å². The first-order chi connectivity index (χ1) is 9.81. The minimum absolute atomic E-state index is 0.112. The topological polar surface area (TPSA) is 50.8 Å². The van der Waals surface area contributed by atoms with Crippen LogP contribution in [0.1, 0.15) is 12.8 Å². The van der Waals surface area contributed by atoms with Gasteiger partial charge in [-0.05, 0) is 44.0 Å². The molecule has 1 aromatic carbocycles. The summed E-state index contributed by atoms with van der Waals surface area (Å²) in [4.78, 5) is 13.9. The highest BCUT2D eigenvalue weighted by molar-refractivity contribution is 5.92. The number of ether oxygens (including phenoxy) is 2. The molecule has 0 aromatic heterocycles. The highest BCUT2D eigenvalue weighted by Crippen LogP contribution is 2.36. The molecule has 2 saturated heterocycles. The predicted molar refractivity (Wildman–Crippen MR) is 76.2 cm³/mol. The van der Waals surface area contributed by atoms with Gasteiger partial charge in [-0.2, -0.15) is 0 Å². The number of anilines is 1. The zero-order chi connectivity index (χ0) is 13.9. The third kappa shape index (κ3) is 2.33. The fourth-order valence-electron chi connectivity index (χ4n) is 3.12. The summed E-state index contributed by atoms with van der Waals surface area (Å²) >= 11 is 0. The molecule has 2 aliphatic heterocycles. The van der Waals surface area contributed by atoms with E-state index in [-0.39, 0.29) is 12.1 Å². The average molecular weight is 276 g/mol. The van der Waals surface area contributed by atoms with Crippen molar-refractivity contribution in [3.8, 4) is 5.75 Å². The molecular weight excluding hydrogens is 256 g/mol. The van der Waals surface area contributed by atoms with Gasteiger partial charge < -0.3 is 14.8 Å². The summed E-state index contributed by atoms with van der Waals surface area (Å²) in [6.45, 7) is 2.49. The van der Waals surface area contributed by atoms with Crippen LogP contribution < -0.4 is 15.0 Å². The van der Waals surface area contributed by atoms with Gasteiger partial charge in [0.2, 0.25) is 0 Å². The Labute approximate surface area is 118 Å². The molecule has 1 N–H and O–H groups in total. The van der Waals surface area contributed by atoms with Gasteiger partial charge in [-0.15, -0.1) is 0 Å². The normalized spacial score (nSPS) is 23.8. The van der Waals surface area contributed by atoms with Crippen molar-refractivity contribution >= 4 is 11.8 Å². The van der Waals surface area contributed by atoms with Crippen LogP contribution in [0.25, 0.3) is 0 Å². The molecule has 0 saturated carbocycles. The number of carbonyl (C=O) groups is 1. The smallest absolute Gasteiger partial charge is 0.414 e. The van der Waals surface area contributed by atoms with E-state index >= 15 is 0 Å². The number of amides is 1. The number of benzene rings is 1. The summed E-state index contributed by atoms with van der Waals surface area (Å²) in [6, 6.07) is 7.73. The van der Waals surface area contributed by atoms with E-state index in [1.54, 1.807) is 12.0 Å². The maximum Gasteiger partial charge on any atom is 0.414 e. The molecule has 0 spiro atoms. The lowest BCUT2D eigenvalue weighted by Crippen LogP contribution is -2.43. The second kappa shape index (κ2) is 5.71. The standard InChI is InChI=1S/C15H20N2O3/c1-19-14-5-3-2-4-12(14)17-13(10-20-15(17)18)11-6-8-16-9-7-11/h2-5,11,13,16H,6-10H2,1H3. The Kier molecular flexibility index (Phi) is 3.78. The Morgan fingerprint density at radius 2 is 2.05 bits per heavy atom. The Balaban J connectivity index is 1.89. The number of methoxy groups -OCH3 is 1. The second-order valence-corrected chi connectivity index (χ2v) is 5.27. The van der Waals surface area contributed by atoms with Gasteiger partial charge in [0.15, 0.2) is 0 Å². The van der Waals surface area contributed by atoms with Crippen molar-refractivity contribution in [1.29, 1.82) is 0 Å². The lowest BCUT2D eigenvalue weighted by Gasteiger charge is -2.32. The Morgan fingerprint density at radius 1 is 1.30 bits per heavy atom. The summed E-state index contributed by atoms with van der Waals surface area (Å²) in [7, 11) is 1.62. The second-order valence-electron chi connectivity index (χ2n) is 5.27. The largest absolute Gasteiger partial charge is 0.495 e. The van der Waals surface area contributed by atoms with Gasteiger partial charge in [0.1, 0.15) is 12.4 Å². The summed E-state index contributed by atoms with van der Waals surface area (Å²) in [6.07, 6.45) is 1.89. The highest BCUT2D eigenvalue weighted by Gasteiger charge is 2.40. The zero-order valence-corrected chi connectivity index (χ0v) is 11.7. The van der Waals surface area contributed by atoms with Gasteiger partial charge >= 0.3 is 6.09 Å². The van der Waals surface area contributed by atoms with Crippen molar-refractivity contribution < 1.29 is 14.3 Å². The molecule has 2 fully saturated rings. The monoisotopic (exact) mass is 276 g/mol. The van der Waals surface area contributed by atoms with Gasteiger partial charge in [0.05, 0.1) is 18.8 Å². The molecule has 1 unspecified atom stereocenters. The first-order valence-corrected chi connectivity index (χ1v) is 7.11. The fraction of sp³-hybridized carbons (Fsp3) is 0.533. The molecule has 3 rings (SSSR count). The van der Waals surface area contributed by atoms with Crippen molar-refractivity contribution in [3.05, 3.63) is 24.3 Å². The van der Waals surface area contributed by atoms with Crippen molar-refractivity contribution in [2.75, 3.05) is 31.7 Å². The molecule has 2 aliphatic rings. The minimum atomic E-state index is -0.266. The third-order valence-corrected chi connectivity index (χ3v) is 4.18. The van der Waals surface area contributed by atoms with Crippen LogP contribution in [-0.2, 0) is 4.74 Å². The van der Waals surface area contributed by atoms with Crippen molar-refractivity contribution in [1.82, 2.24) is 5.32 Å². The lowest BCUT2D eigenvalue weighted by molar-refractivity contribution is 0.174. The van der Waals surface area contributed by atoms with Crippen LogP contribution in [0.15, 0.2) is 24.3 Å². The number of cyclic esters (lactones) is 1. The van der Waals surface area contributed by atoms with Gasteiger partial charge in [-0.3, -0.25) is 4.90 Å². The predicted octanol–water partition coefficient (Wildman–Crippen LogP) is 2.02. The SMILES string of the molecule is COc1ccccc1N1C(=O)OCC1C1CCNCC1. The van der Waals surface area contributed by atoms with Crippen LogP contribution in [0.3, 0.4) is 0 Å². The molecule has 1 amide bonds. The maximum absolute atomic E-state index is 12.1. The van der Waals surface area contributed by atoms with Crippen LogP contribution in [0.5, 0.6) is 5.75 Å². The van der Waals surface area contributed by atoms with Crippen molar-refractivity contribution in [2.45, 2.75) is 18.9 Å². The van der Waals surface area contributed by atoms with Gasteiger partial charge in [0, 0.05) is 0 Å². The number of hydrogen-bond donors (Lipinski definition) is 1. The third-order valence-electron chi connectivity index (χ3n) is 4.18. The minimum Gasteiger partial charge on any atom is -0.495 e. The highest BCUT2D eigenvalue weighted by atomic mass is 16.6. The molecule has 20 heavy (non-hydrogen) atoms. The molecule has 0 radical (unpaired) electrons. The van der Waals surface area contributed by atoms with Gasteiger partial charge in [-0.1, -0.05) is 12.1 Å². The van der Waals surface area contributed by atoms with Crippen LogP contribution in [0.2, 0.25) is 0 Å². The molecule has 0 bridgehead atoms. The fourth-order valence-corrected chi connectivity index (χ4v) is 3.12. The van der Waals surface area contributed by atoms with E-state index in [0.29, 0.717) is 18.3 Å². The molecule has 108 valence electrons. The molecule has 1 aromatic rings. The Morgan fingerprint density at radius 3 is 2.80 bits per heavy atom. The summed E-state index contributed by atoms with van der Waals surface area (Å²) in [5.74, 6) is 1.19. The quantitative estimate of drug-likeness (QED) is 0.917. The molecule has 2 heterocycles. The van der Waals surface area contributed by atoms with E-state index in [9.17, 15) is 4.79 Å². The van der Waals surface area contributed by atoms with Crippen LogP contribution in [-0.4, -0.2) is 38.9 Å². The number of nitrogens with one attached hydrogen (secondary N) is 1. The van der Waals surface area contributed by atoms with Crippen LogP contribution >= 0.6 is 0 Å². The first kappa shape index (κ1) is 13.2. The summed E-state index contributed by atoms with van der Waals surface area (Å²) in [5.41, 5.74) is 0.807. The van der Waals surface area contributed by atoms with E-state index in [1.165, 1.54) is 0 Å². The maximum atomic E-state index is 12.1. The van der Waals surface area contributed by atoms with E-state index in [2.05, 4.69) is 5.32 Å². The van der Waals surface area contributed by atoms with Crippen molar-refractivity contribution in [3.63, 3.8) is 0 Å². The molecule has 0 aliphatic carbocycles. The number of para-hydroxylation sites is 2. The number of carbonyl (C=O) groups excluding carboxylic acids is 1.